The van der Waals surface area contributed by atoms with E-state index >= 15 is 0 Å². The maximum absolute atomic E-state index is 12.2. The van der Waals surface area contributed by atoms with E-state index in [2.05, 4.69) is 5.32 Å². The molecule has 0 aliphatic carbocycles. The van der Waals surface area contributed by atoms with Crippen molar-refractivity contribution in [1.29, 1.82) is 0 Å². The zero-order valence-electron chi connectivity index (χ0n) is 14.6. The second kappa shape index (κ2) is 7.68. The Labute approximate surface area is 138 Å². The molecule has 0 radical (unpaired) electrons. The molecular formula is C16H26N2O4S. The molecule has 0 unspecified atom stereocenters. The molecule has 0 saturated carbocycles. The van der Waals surface area contributed by atoms with Gasteiger partial charge in [0, 0.05) is 6.04 Å². The fourth-order valence-electron chi connectivity index (χ4n) is 1.97. The van der Waals surface area contributed by atoms with Gasteiger partial charge in [0.15, 0.2) is 0 Å². The first-order valence-corrected chi connectivity index (χ1v) is 9.32. The highest BCUT2D eigenvalue weighted by Gasteiger charge is 2.25. The van der Waals surface area contributed by atoms with Crippen molar-refractivity contribution >= 4 is 21.6 Å². The molecule has 0 fully saturated rings. The van der Waals surface area contributed by atoms with Gasteiger partial charge in [0.05, 0.1) is 19.1 Å². The fraction of sp³-hybridized carbons (Fsp3) is 0.562. The number of sulfonamides is 1. The largest absolute Gasteiger partial charge is 0.495 e. The minimum atomic E-state index is -3.63. The third-order valence-corrected chi connectivity index (χ3v) is 4.81. The van der Waals surface area contributed by atoms with E-state index in [0.29, 0.717) is 11.4 Å². The molecular weight excluding hydrogens is 316 g/mol. The molecule has 1 N–H and O–H groups in total. The van der Waals surface area contributed by atoms with Gasteiger partial charge in [0.2, 0.25) is 15.9 Å². The van der Waals surface area contributed by atoms with Crippen LogP contribution in [0.25, 0.3) is 0 Å². The quantitative estimate of drug-likeness (QED) is 0.821. The zero-order chi connectivity index (χ0) is 17.8. The molecule has 7 heteroatoms. The summed E-state index contributed by atoms with van der Waals surface area (Å²) in [6.07, 6.45) is 1.08. The van der Waals surface area contributed by atoms with E-state index < -0.39 is 10.0 Å². The molecule has 1 aromatic carbocycles. The van der Waals surface area contributed by atoms with Crippen LogP contribution in [0.15, 0.2) is 18.2 Å². The molecule has 0 saturated heterocycles. The van der Waals surface area contributed by atoms with Gasteiger partial charge in [-0.1, -0.05) is 19.9 Å². The predicted molar refractivity (Wildman–Crippen MR) is 92.4 cm³/mol. The van der Waals surface area contributed by atoms with Gasteiger partial charge in [-0.15, -0.1) is 0 Å². The summed E-state index contributed by atoms with van der Waals surface area (Å²) in [7, 11) is -2.16. The van der Waals surface area contributed by atoms with E-state index in [1.54, 1.807) is 12.1 Å². The van der Waals surface area contributed by atoms with Gasteiger partial charge in [0.25, 0.3) is 0 Å². The number of carbonyl (C=O) groups is 1. The molecule has 1 rings (SSSR count). The van der Waals surface area contributed by atoms with Crippen molar-refractivity contribution in [1.82, 2.24) is 5.32 Å². The molecule has 0 heterocycles. The number of methoxy groups -OCH3 is 1. The van der Waals surface area contributed by atoms with Crippen molar-refractivity contribution in [2.75, 3.05) is 24.2 Å². The van der Waals surface area contributed by atoms with Crippen LogP contribution >= 0.6 is 0 Å². The number of rotatable bonds is 7. The van der Waals surface area contributed by atoms with Crippen molar-refractivity contribution < 1.29 is 17.9 Å². The Morgan fingerprint density at radius 3 is 2.39 bits per heavy atom. The summed E-state index contributed by atoms with van der Waals surface area (Å²) in [6.45, 7) is 7.44. The van der Waals surface area contributed by atoms with Crippen LogP contribution in [0.3, 0.4) is 0 Å². The number of hydrogen-bond acceptors (Lipinski definition) is 4. The number of aryl methyl sites for hydroxylation is 1. The summed E-state index contributed by atoms with van der Waals surface area (Å²) in [6, 6.07) is 5.17. The Bertz CT molecular complexity index is 656. The van der Waals surface area contributed by atoms with Crippen LogP contribution in [0.5, 0.6) is 5.75 Å². The molecule has 130 valence electrons. The maximum atomic E-state index is 12.2. The number of anilines is 1. The summed E-state index contributed by atoms with van der Waals surface area (Å²) in [5.41, 5.74) is 1.24. The highest BCUT2D eigenvalue weighted by Crippen LogP contribution is 2.30. The monoisotopic (exact) mass is 342 g/mol. The lowest BCUT2D eigenvalue weighted by molar-refractivity contribution is -0.120. The van der Waals surface area contributed by atoms with Crippen LogP contribution < -0.4 is 14.4 Å². The Morgan fingerprint density at radius 1 is 1.30 bits per heavy atom. The van der Waals surface area contributed by atoms with Gasteiger partial charge in [-0.25, -0.2) is 8.42 Å². The van der Waals surface area contributed by atoms with Gasteiger partial charge < -0.3 is 10.1 Å². The van der Waals surface area contributed by atoms with E-state index in [0.717, 1.165) is 16.1 Å². The van der Waals surface area contributed by atoms with Crippen LogP contribution in [0, 0.1) is 12.8 Å². The molecule has 0 aliphatic rings. The van der Waals surface area contributed by atoms with E-state index in [1.807, 2.05) is 33.8 Å². The summed E-state index contributed by atoms with van der Waals surface area (Å²) in [4.78, 5) is 12.2. The molecule has 1 amide bonds. The fourth-order valence-corrected chi connectivity index (χ4v) is 2.82. The van der Waals surface area contributed by atoms with Crippen LogP contribution in [0.4, 0.5) is 5.69 Å². The third-order valence-electron chi connectivity index (χ3n) is 3.68. The van der Waals surface area contributed by atoms with E-state index in [-0.39, 0.29) is 24.4 Å². The lowest BCUT2D eigenvalue weighted by atomic mass is 10.1. The van der Waals surface area contributed by atoms with Crippen molar-refractivity contribution in [3.8, 4) is 5.75 Å². The number of nitrogens with one attached hydrogen (secondary N) is 1. The number of ether oxygens (including phenoxy) is 1. The molecule has 23 heavy (non-hydrogen) atoms. The first-order valence-electron chi connectivity index (χ1n) is 7.48. The second-order valence-corrected chi connectivity index (χ2v) is 7.95. The van der Waals surface area contributed by atoms with Crippen molar-refractivity contribution in [3.63, 3.8) is 0 Å². The molecule has 0 aliphatic heterocycles. The smallest absolute Gasteiger partial charge is 0.240 e. The Balaban J connectivity index is 3.13. The van der Waals surface area contributed by atoms with E-state index in [1.165, 1.54) is 7.11 Å². The first kappa shape index (κ1) is 19.3. The Hall–Kier alpha value is -1.76. The third kappa shape index (κ3) is 5.42. The molecule has 1 atom stereocenters. The Morgan fingerprint density at radius 2 is 1.91 bits per heavy atom. The summed E-state index contributed by atoms with van der Waals surface area (Å²) in [5.74, 6) is 0.324. The van der Waals surface area contributed by atoms with Crippen LogP contribution in [0.2, 0.25) is 0 Å². The minimum absolute atomic E-state index is 0.0386. The highest BCUT2D eigenvalue weighted by molar-refractivity contribution is 7.92. The molecule has 0 bridgehead atoms. The van der Waals surface area contributed by atoms with Gasteiger partial charge in [-0.05, 0) is 37.5 Å². The van der Waals surface area contributed by atoms with E-state index in [4.69, 9.17) is 4.74 Å². The number of amides is 1. The topological polar surface area (TPSA) is 75.7 Å². The highest BCUT2D eigenvalue weighted by atomic mass is 32.2. The number of benzene rings is 1. The maximum Gasteiger partial charge on any atom is 0.240 e. The van der Waals surface area contributed by atoms with Gasteiger partial charge in [-0.2, -0.15) is 0 Å². The summed E-state index contributed by atoms with van der Waals surface area (Å²) < 4.78 is 30.6. The average Bonchev–Trinajstić information content (AvgIpc) is 2.43. The second-order valence-electron chi connectivity index (χ2n) is 6.05. The molecule has 0 spiro atoms. The van der Waals surface area contributed by atoms with Crippen LogP contribution in [0.1, 0.15) is 26.3 Å². The molecule has 0 aromatic heterocycles. The van der Waals surface area contributed by atoms with Crippen molar-refractivity contribution in [2.24, 2.45) is 5.92 Å². The van der Waals surface area contributed by atoms with Gasteiger partial charge in [0.1, 0.15) is 12.3 Å². The van der Waals surface area contributed by atoms with Crippen LogP contribution in [-0.4, -0.2) is 40.3 Å². The van der Waals surface area contributed by atoms with Crippen molar-refractivity contribution in [3.05, 3.63) is 23.8 Å². The zero-order valence-corrected chi connectivity index (χ0v) is 15.4. The average molecular weight is 342 g/mol. The van der Waals surface area contributed by atoms with E-state index in [9.17, 15) is 13.2 Å². The van der Waals surface area contributed by atoms with Gasteiger partial charge >= 0.3 is 0 Å². The lowest BCUT2D eigenvalue weighted by Crippen LogP contribution is -2.44. The summed E-state index contributed by atoms with van der Waals surface area (Å²) in [5, 5.41) is 2.82. The normalized spacial score (nSPS) is 12.8. The first-order chi connectivity index (χ1) is 10.6. The number of nitrogens with zero attached hydrogens (tertiary/aromatic N) is 1. The molecule has 1 aromatic rings. The SMILES string of the molecule is COc1ccc(C)cc1N(CC(=O)N[C@H](C)C(C)C)S(C)(=O)=O. The minimum Gasteiger partial charge on any atom is -0.495 e. The van der Waals surface area contributed by atoms with Crippen LogP contribution in [-0.2, 0) is 14.8 Å². The predicted octanol–water partition coefficient (Wildman–Crippen LogP) is 1.93. The number of hydrogen-bond donors (Lipinski definition) is 1. The van der Waals surface area contributed by atoms with Crippen molar-refractivity contribution in [2.45, 2.75) is 33.7 Å². The number of carbonyl (C=O) groups excluding carboxylic acids is 1. The van der Waals surface area contributed by atoms with Gasteiger partial charge in [-0.3, -0.25) is 9.10 Å². The summed E-state index contributed by atoms with van der Waals surface area (Å²) >= 11 is 0. The Kier molecular flexibility index (Phi) is 6.44. The standard InChI is InChI=1S/C16H26N2O4S/c1-11(2)13(4)17-16(19)10-18(23(6,20)21)14-9-12(3)7-8-15(14)22-5/h7-9,11,13H,10H2,1-6H3,(H,17,19)/t13-/m1/s1. The lowest BCUT2D eigenvalue weighted by Gasteiger charge is -2.25. The molecule has 6 nitrogen and oxygen atoms in total.